The molecule has 0 aromatic carbocycles. The van der Waals surface area contributed by atoms with E-state index in [1.165, 1.54) is 25.7 Å². The van der Waals surface area contributed by atoms with E-state index < -0.39 is 5.97 Å². The Morgan fingerprint density at radius 2 is 1.83 bits per heavy atom. The van der Waals surface area contributed by atoms with E-state index in [2.05, 4.69) is 26.8 Å². The summed E-state index contributed by atoms with van der Waals surface area (Å²) in [6, 6.07) is 0. The first-order valence-corrected chi connectivity index (χ1v) is 12.6. The summed E-state index contributed by atoms with van der Waals surface area (Å²) in [5.41, 5.74) is 2.52. The van der Waals surface area contributed by atoms with Gasteiger partial charge < -0.3 is 5.11 Å². The number of carbonyl (C=O) groups is 2. The Hall–Kier alpha value is -1.12. The van der Waals surface area contributed by atoms with Crippen LogP contribution in [-0.2, 0) is 9.59 Å². The smallest absolute Gasteiger partial charge is 0.306 e. The quantitative estimate of drug-likeness (QED) is 0.494. The summed E-state index contributed by atoms with van der Waals surface area (Å²) in [4.78, 5) is 23.2. The zero-order valence-electron chi connectivity index (χ0n) is 19.6. The fourth-order valence-corrected chi connectivity index (χ4v) is 8.35. The van der Waals surface area contributed by atoms with Crippen LogP contribution in [0.2, 0.25) is 0 Å². The molecule has 3 fully saturated rings. The lowest BCUT2D eigenvalue weighted by molar-refractivity contribution is -0.141. The van der Waals surface area contributed by atoms with Gasteiger partial charge >= 0.3 is 5.97 Å². The third-order valence-electron chi connectivity index (χ3n) is 10.4. The van der Waals surface area contributed by atoms with Crippen LogP contribution in [0.1, 0.15) is 98.3 Å². The number of hydrogen-bond donors (Lipinski definition) is 1. The molecule has 0 aromatic rings. The zero-order valence-corrected chi connectivity index (χ0v) is 19.6. The van der Waals surface area contributed by atoms with Gasteiger partial charge in [-0.25, -0.2) is 0 Å². The molecule has 0 radical (unpaired) electrons. The van der Waals surface area contributed by atoms with Gasteiger partial charge in [0.2, 0.25) is 0 Å². The van der Waals surface area contributed by atoms with Crippen molar-refractivity contribution < 1.29 is 14.7 Å². The number of aliphatic carboxylic acids is 1. The predicted molar refractivity (Wildman–Crippen MR) is 120 cm³/mol. The fraction of sp³-hybridized carbons (Fsp3) is 0.852. The molecule has 0 spiro atoms. The Balaban J connectivity index is 1.46. The molecular formula is C27H42O3. The molecule has 4 rings (SSSR count). The van der Waals surface area contributed by atoms with E-state index in [1.54, 1.807) is 5.57 Å². The Kier molecular flexibility index (Phi) is 5.96. The van der Waals surface area contributed by atoms with Crippen LogP contribution >= 0.6 is 0 Å². The van der Waals surface area contributed by atoms with Crippen LogP contribution in [0.3, 0.4) is 0 Å². The Morgan fingerprint density at radius 3 is 2.57 bits per heavy atom. The van der Waals surface area contributed by atoms with Gasteiger partial charge in [-0.1, -0.05) is 52.2 Å². The Bertz CT molecular complexity index is 724. The molecule has 0 heterocycles. The van der Waals surface area contributed by atoms with Gasteiger partial charge in [-0.3, -0.25) is 9.59 Å². The van der Waals surface area contributed by atoms with Crippen molar-refractivity contribution in [3.05, 3.63) is 11.6 Å². The minimum atomic E-state index is -0.658. The molecule has 1 N–H and O–H groups in total. The van der Waals surface area contributed by atoms with Crippen LogP contribution in [0.4, 0.5) is 0 Å². The molecular weight excluding hydrogens is 372 g/mol. The highest BCUT2D eigenvalue weighted by molar-refractivity contribution is 5.79. The zero-order chi connectivity index (χ0) is 21.7. The number of carboxylic acid groups (broad SMARTS) is 1. The maximum absolute atomic E-state index is 12.1. The lowest BCUT2D eigenvalue weighted by atomic mass is 9.47. The average Bonchev–Trinajstić information content (AvgIpc) is 3.05. The summed E-state index contributed by atoms with van der Waals surface area (Å²) in [7, 11) is 0. The average molecular weight is 415 g/mol. The molecule has 4 aliphatic rings. The van der Waals surface area contributed by atoms with E-state index in [0.29, 0.717) is 34.4 Å². The second kappa shape index (κ2) is 8.10. The first kappa shape index (κ1) is 22.1. The van der Waals surface area contributed by atoms with E-state index in [0.717, 1.165) is 56.8 Å². The molecule has 8 atom stereocenters. The number of fused-ring (bicyclic) bond motifs is 5. The maximum atomic E-state index is 12.1. The molecule has 0 aromatic heterocycles. The molecule has 30 heavy (non-hydrogen) atoms. The molecule has 3 saturated carbocycles. The van der Waals surface area contributed by atoms with Crippen LogP contribution in [0.15, 0.2) is 11.6 Å². The summed E-state index contributed by atoms with van der Waals surface area (Å²) in [6.45, 7) is 9.34. The molecule has 4 aliphatic carbocycles. The SMILES string of the molecule is CC(CCC[C@H](C)C(=O)O)[C@H]1CCC2C3=CCC4CC(=O)CC[C@]4(C)C3CC[C@@]21C. The minimum Gasteiger partial charge on any atom is -0.481 e. The molecule has 168 valence electrons. The number of ketones is 1. The van der Waals surface area contributed by atoms with Crippen LogP contribution in [0, 0.1) is 46.3 Å². The van der Waals surface area contributed by atoms with E-state index in [1.807, 2.05) is 6.92 Å². The maximum Gasteiger partial charge on any atom is 0.306 e. The van der Waals surface area contributed by atoms with Gasteiger partial charge in [0.05, 0.1) is 5.92 Å². The van der Waals surface area contributed by atoms with Crippen LogP contribution in [-0.4, -0.2) is 16.9 Å². The predicted octanol–water partition coefficient (Wildman–Crippen LogP) is 6.66. The fourth-order valence-electron chi connectivity index (χ4n) is 8.35. The van der Waals surface area contributed by atoms with Gasteiger partial charge in [0.25, 0.3) is 0 Å². The highest BCUT2D eigenvalue weighted by Crippen LogP contribution is 2.66. The highest BCUT2D eigenvalue weighted by atomic mass is 16.4. The number of Topliss-reactive ketones (excluding diaryl/α,β-unsaturated/α-hetero) is 1. The molecule has 0 bridgehead atoms. The standard InChI is InChI=1S/C27H42O3/c1-17(6-5-7-18(2)25(29)30)22-10-11-23-21-9-8-19-16-20(28)12-14-26(19,3)24(21)13-15-27(22,23)4/h9,17-19,22-24H,5-8,10-16H2,1-4H3,(H,29,30)/t17?,18-,19?,22+,23?,24?,26-,27+/m0/s1. The molecule has 0 saturated heterocycles. The van der Waals surface area contributed by atoms with Crippen molar-refractivity contribution in [3.63, 3.8) is 0 Å². The lowest BCUT2D eigenvalue weighted by Gasteiger charge is -2.57. The molecule has 3 nitrogen and oxygen atoms in total. The topological polar surface area (TPSA) is 54.4 Å². The van der Waals surface area contributed by atoms with E-state index in [4.69, 9.17) is 5.11 Å². The van der Waals surface area contributed by atoms with E-state index in [-0.39, 0.29) is 5.92 Å². The molecule has 0 amide bonds. The van der Waals surface area contributed by atoms with Crippen molar-refractivity contribution in [2.45, 2.75) is 98.3 Å². The molecule has 3 heteroatoms. The summed E-state index contributed by atoms with van der Waals surface area (Å²) >= 11 is 0. The summed E-state index contributed by atoms with van der Waals surface area (Å²) < 4.78 is 0. The second-order valence-corrected chi connectivity index (χ2v) is 11.9. The largest absolute Gasteiger partial charge is 0.481 e. The third-order valence-corrected chi connectivity index (χ3v) is 10.4. The Morgan fingerprint density at radius 1 is 1.10 bits per heavy atom. The summed E-state index contributed by atoms with van der Waals surface area (Å²) in [5.74, 6) is 3.06. The van der Waals surface area contributed by atoms with Gasteiger partial charge in [-0.15, -0.1) is 0 Å². The Labute approximate surface area is 183 Å². The van der Waals surface area contributed by atoms with Gasteiger partial charge in [-0.05, 0) is 85.4 Å². The van der Waals surface area contributed by atoms with Crippen molar-refractivity contribution >= 4 is 11.8 Å². The number of carbonyl (C=O) groups excluding carboxylic acids is 1. The van der Waals surface area contributed by atoms with Crippen LogP contribution < -0.4 is 0 Å². The van der Waals surface area contributed by atoms with Gasteiger partial charge in [-0.2, -0.15) is 0 Å². The van der Waals surface area contributed by atoms with Crippen LogP contribution in [0.25, 0.3) is 0 Å². The van der Waals surface area contributed by atoms with Crippen molar-refractivity contribution in [3.8, 4) is 0 Å². The summed E-state index contributed by atoms with van der Waals surface area (Å²) in [5, 5.41) is 9.16. The van der Waals surface area contributed by atoms with Gasteiger partial charge in [0, 0.05) is 12.8 Å². The van der Waals surface area contributed by atoms with Crippen molar-refractivity contribution in [2.24, 2.45) is 46.3 Å². The minimum absolute atomic E-state index is 0.219. The lowest BCUT2D eigenvalue weighted by Crippen LogP contribution is -2.49. The van der Waals surface area contributed by atoms with E-state index >= 15 is 0 Å². The first-order valence-electron chi connectivity index (χ1n) is 12.6. The van der Waals surface area contributed by atoms with Crippen molar-refractivity contribution in [1.82, 2.24) is 0 Å². The molecule has 0 aliphatic heterocycles. The summed E-state index contributed by atoms with van der Waals surface area (Å²) in [6.07, 6.45) is 14.7. The second-order valence-electron chi connectivity index (χ2n) is 11.9. The van der Waals surface area contributed by atoms with Gasteiger partial charge in [0.1, 0.15) is 5.78 Å². The van der Waals surface area contributed by atoms with Crippen molar-refractivity contribution in [1.29, 1.82) is 0 Å². The molecule has 4 unspecified atom stereocenters. The van der Waals surface area contributed by atoms with Crippen molar-refractivity contribution in [2.75, 3.05) is 0 Å². The monoisotopic (exact) mass is 414 g/mol. The number of carboxylic acids is 1. The number of rotatable bonds is 6. The third kappa shape index (κ3) is 3.58. The number of hydrogen-bond acceptors (Lipinski definition) is 2. The number of allylic oxidation sites excluding steroid dienone is 2. The van der Waals surface area contributed by atoms with Gasteiger partial charge in [0.15, 0.2) is 0 Å². The normalized spacial score (nSPS) is 42.5. The van der Waals surface area contributed by atoms with Crippen LogP contribution in [0.5, 0.6) is 0 Å². The first-order chi connectivity index (χ1) is 14.2. The highest BCUT2D eigenvalue weighted by Gasteiger charge is 2.58. The van der Waals surface area contributed by atoms with E-state index in [9.17, 15) is 9.59 Å².